The molecule has 80 heavy (non-hydrogen) atoms. The van der Waals surface area contributed by atoms with E-state index in [-0.39, 0.29) is 18.9 Å². The molecule has 0 spiro atoms. The molecule has 9 N–H and O–H groups in total. The first kappa shape index (κ1) is 73.8. The van der Waals surface area contributed by atoms with Crippen molar-refractivity contribution in [2.24, 2.45) is 0 Å². The van der Waals surface area contributed by atoms with Gasteiger partial charge in [-0.2, -0.15) is 0 Å². The van der Waals surface area contributed by atoms with Crippen LogP contribution in [0.1, 0.15) is 258 Å². The highest BCUT2D eigenvalue weighted by molar-refractivity contribution is 5.76. The standard InChI is InChI=1S/C66H119NO13/c1-3-5-7-9-11-13-15-17-19-21-23-25-27-29-31-33-35-37-39-41-43-45-47-49-55(70)54(53-77-65-63(76)61(74)64(57(52-69)79-65)80-66-62(75)60(73)59(72)56(51-68)78-66)67-58(71)50-48-46-44-42-40-38-36-34-32-30-28-26-24-22-20-18-16-14-12-10-8-6-4-2/h16,18,22,24,31,33,39,41,47,49,54-57,59-66,68-70,72-76H,3-15,17,19-21,23,25-30,32,34-38,40,42-46,48,50-53H2,1-2H3,(H,67,71)/b18-16-,24-22-,33-31+,41-39+,49-47+. The summed E-state index contributed by atoms with van der Waals surface area (Å²) in [4.78, 5) is 13.3. The van der Waals surface area contributed by atoms with E-state index in [9.17, 15) is 45.6 Å². The van der Waals surface area contributed by atoms with Crippen molar-refractivity contribution in [2.75, 3.05) is 19.8 Å². The summed E-state index contributed by atoms with van der Waals surface area (Å²) in [6.45, 7) is 2.78. The van der Waals surface area contributed by atoms with Crippen molar-refractivity contribution in [1.82, 2.24) is 5.32 Å². The average Bonchev–Trinajstić information content (AvgIpc) is 3.46. The molecule has 12 atom stereocenters. The number of hydrogen-bond acceptors (Lipinski definition) is 13. The van der Waals surface area contributed by atoms with E-state index >= 15 is 0 Å². The highest BCUT2D eigenvalue weighted by atomic mass is 16.7. The molecule has 0 aromatic rings. The molecule has 0 aromatic heterocycles. The summed E-state index contributed by atoms with van der Waals surface area (Å²) in [5.74, 6) is -0.255. The number of nitrogens with one attached hydrogen (secondary N) is 1. The largest absolute Gasteiger partial charge is 0.394 e. The zero-order valence-electron chi connectivity index (χ0n) is 50.3. The Morgan fingerprint density at radius 2 is 0.838 bits per heavy atom. The first-order valence-corrected chi connectivity index (χ1v) is 32.5. The normalized spacial score (nSPS) is 24.6. The summed E-state index contributed by atoms with van der Waals surface area (Å²) in [6, 6.07) is -0.942. The van der Waals surface area contributed by atoms with E-state index < -0.39 is 86.8 Å². The maximum absolute atomic E-state index is 13.3. The molecule has 2 heterocycles. The van der Waals surface area contributed by atoms with Crippen LogP contribution in [-0.4, -0.2) is 140 Å². The molecule has 2 fully saturated rings. The van der Waals surface area contributed by atoms with Crippen molar-refractivity contribution in [2.45, 2.75) is 331 Å². The molecule has 2 aliphatic heterocycles. The van der Waals surface area contributed by atoms with Gasteiger partial charge in [-0.05, 0) is 77.0 Å². The van der Waals surface area contributed by atoms with Crippen LogP contribution < -0.4 is 5.32 Å². The number of amides is 1. The maximum atomic E-state index is 13.3. The Morgan fingerprint density at radius 3 is 1.30 bits per heavy atom. The zero-order valence-corrected chi connectivity index (χ0v) is 50.3. The lowest BCUT2D eigenvalue weighted by Gasteiger charge is -2.46. The molecule has 14 nitrogen and oxygen atoms in total. The third-order valence-corrected chi connectivity index (χ3v) is 15.7. The van der Waals surface area contributed by atoms with Gasteiger partial charge in [-0.15, -0.1) is 0 Å². The summed E-state index contributed by atoms with van der Waals surface area (Å²) in [6.07, 6.45) is 49.8. The van der Waals surface area contributed by atoms with Crippen LogP contribution in [0, 0.1) is 0 Å². The van der Waals surface area contributed by atoms with Gasteiger partial charge in [0.2, 0.25) is 5.91 Å². The first-order valence-electron chi connectivity index (χ1n) is 32.5. The van der Waals surface area contributed by atoms with Crippen LogP contribution in [0.15, 0.2) is 60.8 Å². The highest BCUT2D eigenvalue weighted by Crippen LogP contribution is 2.30. The van der Waals surface area contributed by atoms with Crippen LogP contribution in [0.4, 0.5) is 0 Å². The van der Waals surface area contributed by atoms with E-state index in [4.69, 9.17) is 18.9 Å². The second kappa shape index (κ2) is 51.1. The molecule has 0 bridgehead atoms. The van der Waals surface area contributed by atoms with Crippen LogP contribution in [-0.2, 0) is 23.7 Å². The summed E-state index contributed by atoms with van der Waals surface area (Å²) in [5.41, 5.74) is 0. The number of unbranched alkanes of at least 4 members (excludes halogenated alkanes) is 31. The second-order valence-corrected chi connectivity index (χ2v) is 22.9. The Hall–Kier alpha value is -2.31. The monoisotopic (exact) mass is 1130 g/mol. The molecule has 12 unspecified atom stereocenters. The molecule has 0 aromatic carbocycles. The Balaban J connectivity index is 1.76. The molecule has 2 aliphatic rings. The highest BCUT2D eigenvalue weighted by Gasteiger charge is 2.51. The van der Waals surface area contributed by atoms with Crippen LogP contribution in [0.3, 0.4) is 0 Å². The van der Waals surface area contributed by atoms with Crippen molar-refractivity contribution in [3.63, 3.8) is 0 Å². The van der Waals surface area contributed by atoms with Gasteiger partial charge in [0.1, 0.15) is 48.8 Å². The van der Waals surface area contributed by atoms with Gasteiger partial charge >= 0.3 is 0 Å². The molecule has 14 heteroatoms. The van der Waals surface area contributed by atoms with Gasteiger partial charge in [0.15, 0.2) is 12.6 Å². The minimum absolute atomic E-state index is 0.255. The number of allylic oxidation sites excluding steroid dienone is 9. The van der Waals surface area contributed by atoms with E-state index in [1.807, 2.05) is 6.08 Å². The van der Waals surface area contributed by atoms with Gasteiger partial charge in [0.05, 0.1) is 32.0 Å². The quantitative estimate of drug-likeness (QED) is 0.0204. The lowest BCUT2D eigenvalue weighted by atomic mass is 9.97. The molecule has 0 saturated carbocycles. The SMILES string of the molecule is CCCCCCC/C=C\C/C=C\CCCCCCCCCCCCCC(=O)NC(COC1OC(CO)C(OC2OC(CO)C(O)C(O)C2O)C(O)C1O)C(O)/C=C/CC/C=C/CC/C=C/CCCCCCCCCCCCCCC. The van der Waals surface area contributed by atoms with E-state index in [2.05, 4.69) is 67.8 Å². The summed E-state index contributed by atoms with van der Waals surface area (Å²) in [7, 11) is 0. The topological polar surface area (TPSA) is 228 Å². The number of aliphatic hydroxyl groups is 8. The predicted octanol–water partition coefficient (Wildman–Crippen LogP) is 12.1. The van der Waals surface area contributed by atoms with Crippen molar-refractivity contribution < 1.29 is 64.6 Å². The predicted molar refractivity (Wildman–Crippen MR) is 323 cm³/mol. The molecule has 2 rings (SSSR count). The molecular formula is C66H119NO13. The van der Waals surface area contributed by atoms with E-state index in [1.54, 1.807) is 6.08 Å². The minimum Gasteiger partial charge on any atom is -0.394 e. The molecule has 0 radical (unpaired) electrons. The van der Waals surface area contributed by atoms with Crippen LogP contribution in [0.25, 0.3) is 0 Å². The fourth-order valence-electron chi connectivity index (χ4n) is 10.4. The van der Waals surface area contributed by atoms with Crippen molar-refractivity contribution in [1.29, 1.82) is 0 Å². The van der Waals surface area contributed by atoms with Gasteiger partial charge in [-0.3, -0.25) is 4.79 Å². The van der Waals surface area contributed by atoms with Gasteiger partial charge in [-0.1, -0.05) is 235 Å². The smallest absolute Gasteiger partial charge is 0.220 e. The third kappa shape index (κ3) is 35.7. The van der Waals surface area contributed by atoms with Gasteiger partial charge < -0.3 is 65.1 Å². The van der Waals surface area contributed by atoms with Gasteiger partial charge in [0.25, 0.3) is 0 Å². The lowest BCUT2D eigenvalue weighted by Crippen LogP contribution is -2.65. The molecule has 466 valence electrons. The molecule has 0 aliphatic carbocycles. The molecule has 2 saturated heterocycles. The van der Waals surface area contributed by atoms with E-state index in [1.165, 1.54) is 173 Å². The zero-order chi connectivity index (χ0) is 58.1. The number of hydrogen-bond donors (Lipinski definition) is 9. The number of carbonyl (C=O) groups excluding carboxylic acids is 1. The first-order chi connectivity index (χ1) is 39.1. The summed E-state index contributed by atoms with van der Waals surface area (Å²) in [5, 5.41) is 87.2. The second-order valence-electron chi connectivity index (χ2n) is 22.9. The van der Waals surface area contributed by atoms with Crippen molar-refractivity contribution >= 4 is 5.91 Å². The number of rotatable bonds is 52. The number of aliphatic hydroxyl groups excluding tert-OH is 8. The Bertz CT molecular complexity index is 1570. The maximum Gasteiger partial charge on any atom is 0.220 e. The van der Waals surface area contributed by atoms with Crippen LogP contribution in [0.2, 0.25) is 0 Å². The van der Waals surface area contributed by atoms with E-state index in [0.29, 0.717) is 12.8 Å². The third-order valence-electron chi connectivity index (χ3n) is 15.7. The number of ether oxygens (including phenoxy) is 4. The lowest BCUT2D eigenvalue weighted by molar-refractivity contribution is -0.359. The Labute approximate surface area is 486 Å². The molecular weight excluding hydrogens is 1010 g/mol. The summed E-state index contributed by atoms with van der Waals surface area (Å²) < 4.78 is 22.8. The van der Waals surface area contributed by atoms with Gasteiger partial charge in [-0.25, -0.2) is 0 Å². The van der Waals surface area contributed by atoms with Crippen molar-refractivity contribution in [3.05, 3.63) is 60.8 Å². The van der Waals surface area contributed by atoms with Crippen LogP contribution in [0.5, 0.6) is 0 Å². The average molecular weight is 1130 g/mol. The summed E-state index contributed by atoms with van der Waals surface area (Å²) >= 11 is 0. The van der Waals surface area contributed by atoms with Crippen LogP contribution >= 0.6 is 0 Å². The fraction of sp³-hybridized carbons (Fsp3) is 0.833. The Morgan fingerprint density at radius 1 is 0.450 bits per heavy atom. The Kier molecular flexibility index (Phi) is 47.2. The molecule has 1 amide bonds. The van der Waals surface area contributed by atoms with Gasteiger partial charge in [0, 0.05) is 6.42 Å². The fourth-order valence-corrected chi connectivity index (χ4v) is 10.4. The van der Waals surface area contributed by atoms with Crippen molar-refractivity contribution in [3.8, 4) is 0 Å². The number of carbonyl (C=O) groups is 1. The minimum atomic E-state index is -1.79. The van der Waals surface area contributed by atoms with E-state index in [0.717, 1.165) is 51.4 Å².